The van der Waals surface area contributed by atoms with Gasteiger partial charge < -0.3 is 4.74 Å². The van der Waals surface area contributed by atoms with Crippen molar-refractivity contribution in [3.05, 3.63) is 41.3 Å². The smallest absolute Gasteiger partial charge is 0.422 e. The summed E-state index contributed by atoms with van der Waals surface area (Å²) in [6.45, 7) is 1.82. The molecular weight excluding hydrogens is 355 g/mol. The zero-order chi connectivity index (χ0) is 19.3. The first kappa shape index (κ1) is 19.2. The summed E-state index contributed by atoms with van der Waals surface area (Å²) in [6.07, 6.45) is -3.39. The van der Waals surface area contributed by atoms with Crippen LogP contribution in [0.3, 0.4) is 0 Å². The van der Waals surface area contributed by atoms with Crippen LogP contribution in [-0.2, 0) is 11.3 Å². The number of pyridine rings is 1. The molecule has 0 fully saturated rings. The molecule has 2 amide bonds. The van der Waals surface area contributed by atoms with E-state index in [9.17, 15) is 22.8 Å². The number of nitrogens with zero attached hydrogens (tertiary/aromatic N) is 3. The van der Waals surface area contributed by atoms with E-state index in [0.29, 0.717) is 0 Å². The van der Waals surface area contributed by atoms with Gasteiger partial charge in [-0.25, -0.2) is 4.98 Å². The Morgan fingerprint density at radius 2 is 2.00 bits per heavy atom. The number of rotatable bonds is 5. The third kappa shape index (κ3) is 5.46. The Balaban J connectivity index is 1.95. The fourth-order valence-corrected chi connectivity index (χ4v) is 2.03. The van der Waals surface area contributed by atoms with Gasteiger partial charge in [-0.3, -0.25) is 25.1 Å². The van der Waals surface area contributed by atoms with Gasteiger partial charge in [-0.15, -0.1) is 0 Å². The number of hydrazine groups is 1. The van der Waals surface area contributed by atoms with Crippen molar-refractivity contribution in [2.24, 2.45) is 0 Å². The molecule has 11 heteroatoms. The monoisotopic (exact) mass is 371 g/mol. The van der Waals surface area contributed by atoms with Crippen molar-refractivity contribution < 1.29 is 27.5 Å². The molecule has 0 aromatic carbocycles. The fourth-order valence-electron chi connectivity index (χ4n) is 2.03. The van der Waals surface area contributed by atoms with Gasteiger partial charge in [0.1, 0.15) is 12.1 Å². The van der Waals surface area contributed by atoms with Crippen LogP contribution in [0, 0.1) is 13.8 Å². The highest BCUT2D eigenvalue weighted by Gasteiger charge is 2.29. The first-order chi connectivity index (χ1) is 12.2. The van der Waals surface area contributed by atoms with E-state index in [0.717, 1.165) is 11.4 Å². The molecule has 0 spiro atoms. The molecule has 2 rings (SSSR count). The first-order valence-corrected chi connectivity index (χ1v) is 7.40. The van der Waals surface area contributed by atoms with Gasteiger partial charge in [0.2, 0.25) is 5.88 Å². The van der Waals surface area contributed by atoms with Crippen molar-refractivity contribution in [3.8, 4) is 5.88 Å². The Kier molecular flexibility index (Phi) is 5.80. The lowest BCUT2D eigenvalue weighted by molar-refractivity contribution is -0.154. The minimum Gasteiger partial charge on any atom is -0.467 e. The van der Waals surface area contributed by atoms with Gasteiger partial charge >= 0.3 is 6.18 Å². The van der Waals surface area contributed by atoms with Crippen molar-refractivity contribution in [2.75, 3.05) is 6.61 Å². The van der Waals surface area contributed by atoms with Crippen LogP contribution in [0.4, 0.5) is 13.2 Å². The highest BCUT2D eigenvalue weighted by atomic mass is 19.4. The lowest BCUT2D eigenvalue weighted by atomic mass is 10.2. The molecule has 2 heterocycles. The second kappa shape index (κ2) is 7.85. The molecule has 26 heavy (non-hydrogen) atoms. The van der Waals surface area contributed by atoms with E-state index in [1.807, 2.05) is 0 Å². The van der Waals surface area contributed by atoms with Crippen LogP contribution in [0.1, 0.15) is 21.7 Å². The fraction of sp³-hybridized carbons (Fsp3) is 0.333. The summed E-state index contributed by atoms with van der Waals surface area (Å²) in [7, 11) is 0. The number of hydrogen-bond donors (Lipinski definition) is 2. The number of carbonyl (C=O) groups excluding carboxylic acids is 2. The predicted molar refractivity (Wildman–Crippen MR) is 83.1 cm³/mol. The van der Waals surface area contributed by atoms with Crippen LogP contribution in [0.15, 0.2) is 24.4 Å². The molecule has 2 N–H and O–H groups in total. The zero-order valence-electron chi connectivity index (χ0n) is 13.9. The number of ether oxygens (including phenoxy) is 1. The summed E-state index contributed by atoms with van der Waals surface area (Å²) in [5.41, 5.74) is 5.52. The van der Waals surface area contributed by atoms with E-state index in [4.69, 9.17) is 0 Å². The average Bonchev–Trinajstić information content (AvgIpc) is 2.87. The number of aromatic nitrogens is 3. The topological polar surface area (TPSA) is 98.1 Å². The van der Waals surface area contributed by atoms with E-state index in [1.54, 1.807) is 19.9 Å². The SMILES string of the molecule is Cc1cc(C)n(CC(=O)NNC(=O)c2cccnc2OCC(F)(F)F)n1. The molecule has 0 unspecified atom stereocenters. The van der Waals surface area contributed by atoms with Crippen molar-refractivity contribution in [1.29, 1.82) is 0 Å². The molecule has 0 aliphatic rings. The highest BCUT2D eigenvalue weighted by molar-refractivity contribution is 5.97. The average molecular weight is 371 g/mol. The standard InChI is InChI=1S/C15H16F3N5O3/c1-9-6-10(2)23(22-9)7-12(24)20-21-13(25)11-4-3-5-19-14(11)26-8-15(16,17)18/h3-6H,7-8H2,1-2H3,(H,20,24)(H,21,25). The predicted octanol–water partition coefficient (Wildman–Crippen LogP) is 1.30. The first-order valence-electron chi connectivity index (χ1n) is 7.40. The highest BCUT2D eigenvalue weighted by Crippen LogP contribution is 2.19. The quantitative estimate of drug-likeness (QED) is 0.772. The van der Waals surface area contributed by atoms with Gasteiger partial charge in [-0.05, 0) is 32.0 Å². The lowest BCUT2D eigenvalue weighted by Gasteiger charge is -2.12. The van der Waals surface area contributed by atoms with E-state index in [1.165, 1.54) is 23.0 Å². The molecule has 0 saturated carbocycles. The van der Waals surface area contributed by atoms with Crippen LogP contribution >= 0.6 is 0 Å². The number of nitrogens with one attached hydrogen (secondary N) is 2. The largest absolute Gasteiger partial charge is 0.467 e. The molecular formula is C15H16F3N5O3. The second-order valence-corrected chi connectivity index (χ2v) is 5.35. The van der Waals surface area contributed by atoms with Crippen molar-refractivity contribution in [2.45, 2.75) is 26.6 Å². The normalized spacial score (nSPS) is 11.1. The second-order valence-electron chi connectivity index (χ2n) is 5.35. The van der Waals surface area contributed by atoms with Gasteiger partial charge in [0.25, 0.3) is 11.8 Å². The Morgan fingerprint density at radius 3 is 2.62 bits per heavy atom. The molecule has 0 atom stereocenters. The number of hydrogen-bond acceptors (Lipinski definition) is 5. The van der Waals surface area contributed by atoms with Gasteiger partial charge in [-0.1, -0.05) is 0 Å². The van der Waals surface area contributed by atoms with Crippen molar-refractivity contribution >= 4 is 11.8 Å². The number of halogens is 3. The van der Waals surface area contributed by atoms with Crippen LogP contribution < -0.4 is 15.6 Å². The zero-order valence-corrected chi connectivity index (χ0v) is 13.9. The third-order valence-corrected chi connectivity index (χ3v) is 3.10. The molecule has 0 bridgehead atoms. The number of alkyl halides is 3. The van der Waals surface area contributed by atoms with Gasteiger partial charge in [0, 0.05) is 11.9 Å². The number of aryl methyl sites for hydroxylation is 2. The Morgan fingerprint density at radius 1 is 1.27 bits per heavy atom. The molecule has 2 aromatic rings. The number of carbonyl (C=O) groups is 2. The van der Waals surface area contributed by atoms with Gasteiger partial charge in [-0.2, -0.15) is 18.3 Å². The molecule has 2 aromatic heterocycles. The van der Waals surface area contributed by atoms with E-state index in [2.05, 4.69) is 25.7 Å². The molecule has 0 radical (unpaired) electrons. The Bertz CT molecular complexity index is 804. The summed E-state index contributed by atoms with van der Waals surface area (Å²) >= 11 is 0. The van der Waals surface area contributed by atoms with Gasteiger partial charge in [0.15, 0.2) is 6.61 Å². The Labute approximate surface area is 146 Å². The van der Waals surface area contributed by atoms with E-state index >= 15 is 0 Å². The Hall–Kier alpha value is -3.11. The van der Waals surface area contributed by atoms with Crippen LogP contribution in [-0.4, -0.2) is 39.4 Å². The van der Waals surface area contributed by atoms with Crippen molar-refractivity contribution in [3.63, 3.8) is 0 Å². The minimum atomic E-state index is -4.57. The van der Waals surface area contributed by atoms with Gasteiger partial charge in [0.05, 0.1) is 5.69 Å². The summed E-state index contributed by atoms with van der Waals surface area (Å²) in [5, 5.41) is 4.10. The number of amides is 2. The van der Waals surface area contributed by atoms with Crippen LogP contribution in [0.5, 0.6) is 5.88 Å². The van der Waals surface area contributed by atoms with Crippen molar-refractivity contribution in [1.82, 2.24) is 25.6 Å². The summed E-state index contributed by atoms with van der Waals surface area (Å²) in [5.74, 6) is -1.92. The molecule has 140 valence electrons. The van der Waals surface area contributed by atoms with Crippen LogP contribution in [0.2, 0.25) is 0 Å². The maximum atomic E-state index is 12.3. The third-order valence-electron chi connectivity index (χ3n) is 3.10. The molecule has 0 aliphatic carbocycles. The van der Waals surface area contributed by atoms with Crippen LogP contribution in [0.25, 0.3) is 0 Å². The summed E-state index contributed by atoms with van der Waals surface area (Å²) < 4.78 is 42.7. The summed E-state index contributed by atoms with van der Waals surface area (Å²) in [4.78, 5) is 27.5. The minimum absolute atomic E-state index is 0.135. The van der Waals surface area contributed by atoms with E-state index < -0.39 is 30.5 Å². The maximum Gasteiger partial charge on any atom is 0.422 e. The molecule has 0 aliphatic heterocycles. The van der Waals surface area contributed by atoms with E-state index in [-0.39, 0.29) is 12.1 Å². The molecule has 8 nitrogen and oxygen atoms in total. The summed E-state index contributed by atoms with van der Waals surface area (Å²) in [6, 6.07) is 4.36. The molecule has 0 saturated heterocycles. The lowest BCUT2D eigenvalue weighted by Crippen LogP contribution is -2.43. The maximum absolute atomic E-state index is 12.3.